The summed E-state index contributed by atoms with van der Waals surface area (Å²) < 4.78 is 32.4. The molecule has 2 heterocycles. The Balaban J connectivity index is 1.57. The van der Waals surface area contributed by atoms with E-state index < -0.39 is 10.0 Å². The number of sulfonamides is 1. The average Bonchev–Trinajstić information content (AvgIpc) is 3.47. The van der Waals surface area contributed by atoms with Crippen LogP contribution in [0.3, 0.4) is 0 Å². The van der Waals surface area contributed by atoms with Crippen LogP contribution in [0.5, 0.6) is 0 Å². The van der Waals surface area contributed by atoms with Gasteiger partial charge in [-0.05, 0) is 35.4 Å². The smallest absolute Gasteiger partial charge is 0.268 e. The SMILES string of the molecule is COCN(c1nccs1)S(=O)(=O)c1ccc(-c2cnc(Cc3c(Cl)cccc3Cl)[nH]2)cc1. The number of rotatable bonds is 8. The number of halogens is 2. The molecule has 0 bridgehead atoms. The summed E-state index contributed by atoms with van der Waals surface area (Å²) in [6.07, 6.45) is 3.69. The average molecular weight is 509 g/mol. The Morgan fingerprint density at radius 3 is 2.44 bits per heavy atom. The Hall–Kier alpha value is -2.43. The van der Waals surface area contributed by atoms with Crippen molar-refractivity contribution in [3.8, 4) is 11.3 Å². The van der Waals surface area contributed by atoms with E-state index in [9.17, 15) is 8.42 Å². The Bertz CT molecular complexity index is 1290. The van der Waals surface area contributed by atoms with Crippen molar-refractivity contribution in [1.29, 1.82) is 0 Å². The Kier molecular flexibility index (Phi) is 6.82. The summed E-state index contributed by atoms with van der Waals surface area (Å²) in [5.41, 5.74) is 2.33. The molecule has 0 spiro atoms. The van der Waals surface area contributed by atoms with E-state index in [1.165, 1.54) is 18.4 Å². The highest BCUT2D eigenvalue weighted by Crippen LogP contribution is 2.29. The minimum absolute atomic E-state index is 0.133. The molecule has 2 aromatic heterocycles. The number of aromatic nitrogens is 3. The van der Waals surface area contributed by atoms with Gasteiger partial charge in [0.15, 0.2) is 0 Å². The lowest BCUT2D eigenvalue weighted by molar-refractivity contribution is 0.209. The molecule has 0 unspecified atom stereocenters. The first-order chi connectivity index (χ1) is 15.4. The quantitative estimate of drug-likeness (QED) is 0.329. The number of nitrogens with one attached hydrogen (secondary N) is 1. The molecule has 0 fully saturated rings. The van der Waals surface area contributed by atoms with Crippen LogP contribution in [-0.4, -0.2) is 37.2 Å². The first kappa shape index (κ1) is 22.8. The molecule has 2 aromatic carbocycles. The van der Waals surface area contributed by atoms with Gasteiger partial charge in [-0.15, -0.1) is 11.3 Å². The molecule has 0 saturated carbocycles. The van der Waals surface area contributed by atoms with Gasteiger partial charge in [-0.25, -0.2) is 22.7 Å². The van der Waals surface area contributed by atoms with E-state index in [-0.39, 0.29) is 11.6 Å². The lowest BCUT2D eigenvalue weighted by Gasteiger charge is -2.20. The van der Waals surface area contributed by atoms with Gasteiger partial charge in [-0.3, -0.25) is 0 Å². The number of hydrogen-bond donors (Lipinski definition) is 1. The fraction of sp³-hybridized carbons (Fsp3) is 0.143. The first-order valence-corrected chi connectivity index (χ1v) is 12.5. The second-order valence-corrected chi connectivity index (χ2v) is 10.3. The van der Waals surface area contributed by atoms with Crippen molar-refractivity contribution >= 4 is 49.7 Å². The number of methoxy groups -OCH3 is 1. The maximum absolute atomic E-state index is 13.1. The van der Waals surface area contributed by atoms with E-state index in [1.807, 2.05) is 0 Å². The van der Waals surface area contributed by atoms with E-state index in [4.69, 9.17) is 27.9 Å². The summed E-state index contributed by atoms with van der Waals surface area (Å²) in [5.74, 6) is 0.696. The number of imidazole rings is 1. The van der Waals surface area contributed by atoms with Crippen LogP contribution < -0.4 is 4.31 Å². The van der Waals surface area contributed by atoms with Gasteiger partial charge in [-0.2, -0.15) is 0 Å². The van der Waals surface area contributed by atoms with Crippen LogP contribution in [-0.2, 0) is 21.2 Å². The largest absolute Gasteiger partial charge is 0.363 e. The van der Waals surface area contributed by atoms with Gasteiger partial charge in [0, 0.05) is 35.2 Å². The second-order valence-electron chi connectivity index (χ2n) is 6.73. The minimum Gasteiger partial charge on any atom is -0.363 e. The summed E-state index contributed by atoms with van der Waals surface area (Å²) in [7, 11) is -2.39. The highest BCUT2D eigenvalue weighted by molar-refractivity contribution is 7.93. The molecular formula is C21H18Cl2N4O3S2. The lowest BCUT2D eigenvalue weighted by Crippen LogP contribution is -2.32. The molecule has 0 atom stereocenters. The Labute approximate surface area is 199 Å². The van der Waals surface area contributed by atoms with E-state index in [0.29, 0.717) is 27.4 Å². The molecule has 0 aliphatic heterocycles. The molecule has 0 saturated heterocycles. The predicted molar refractivity (Wildman–Crippen MR) is 127 cm³/mol. The number of benzene rings is 2. The number of anilines is 1. The summed E-state index contributed by atoms with van der Waals surface area (Å²) >= 11 is 13.7. The number of thiazole rings is 1. The molecule has 7 nitrogen and oxygen atoms in total. The van der Waals surface area contributed by atoms with Crippen molar-refractivity contribution in [1.82, 2.24) is 15.0 Å². The molecule has 4 aromatic rings. The Morgan fingerprint density at radius 1 is 1.09 bits per heavy atom. The molecular weight excluding hydrogens is 491 g/mol. The third kappa shape index (κ3) is 4.67. The van der Waals surface area contributed by atoms with Crippen LogP contribution in [0.2, 0.25) is 10.0 Å². The fourth-order valence-electron chi connectivity index (χ4n) is 3.09. The van der Waals surface area contributed by atoms with E-state index in [1.54, 1.807) is 60.2 Å². The topological polar surface area (TPSA) is 88.2 Å². The maximum atomic E-state index is 13.1. The minimum atomic E-state index is -3.83. The van der Waals surface area contributed by atoms with Crippen LogP contribution in [0.1, 0.15) is 11.4 Å². The third-order valence-electron chi connectivity index (χ3n) is 4.67. The zero-order valence-corrected chi connectivity index (χ0v) is 20.0. The van der Waals surface area contributed by atoms with Crippen LogP contribution in [0.15, 0.2) is 65.1 Å². The summed E-state index contributed by atoms with van der Waals surface area (Å²) in [4.78, 5) is 11.9. The van der Waals surface area contributed by atoms with Gasteiger partial charge >= 0.3 is 0 Å². The standard InChI is InChI=1S/C21H18Cl2N4O3S2/c1-30-13-27(21-24-9-10-31-21)32(28,29)15-7-5-14(6-8-15)19-12-25-20(26-19)11-16-17(22)3-2-4-18(16)23/h2-10,12H,11,13H2,1H3,(H,25,26). The molecule has 0 radical (unpaired) electrons. The van der Waals surface area contributed by atoms with Crippen molar-refractivity contribution in [2.24, 2.45) is 0 Å². The zero-order valence-electron chi connectivity index (χ0n) is 16.8. The number of hydrogen-bond acceptors (Lipinski definition) is 6. The third-order valence-corrected chi connectivity index (χ3v) is 8.01. The highest BCUT2D eigenvalue weighted by atomic mass is 35.5. The second kappa shape index (κ2) is 9.60. The number of ether oxygens (including phenoxy) is 1. The highest BCUT2D eigenvalue weighted by Gasteiger charge is 2.26. The molecule has 11 heteroatoms. The molecule has 0 amide bonds. The summed E-state index contributed by atoms with van der Waals surface area (Å²) in [5, 5.41) is 3.20. The van der Waals surface area contributed by atoms with Crippen molar-refractivity contribution in [3.05, 3.63) is 81.7 Å². The summed E-state index contributed by atoms with van der Waals surface area (Å²) in [6.45, 7) is -0.133. The van der Waals surface area contributed by atoms with Crippen LogP contribution in [0.4, 0.5) is 5.13 Å². The van der Waals surface area contributed by atoms with Crippen molar-refractivity contribution in [2.45, 2.75) is 11.3 Å². The molecule has 0 aliphatic rings. The monoisotopic (exact) mass is 508 g/mol. The van der Waals surface area contributed by atoms with Crippen LogP contribution >= 0.6 is 34.5 Å². The molecule has 4 rings (SSSR count). The molecule has 0 aliphatic carbocycles. The zero-order chi connectivity index (χ0) is 22.7. The number of nitrogens with zero attached hydrogens (tertiary/aromatic N) is 3. The van der Waals surface area contributed by atoms with E-state index >= 15 is 0 Å². The summed E-state index contributed by atoms with van der Waals surface area (Å²) in [6, 6.07) is 11.9. The van der Waals surface area contributed by atoms with Gasteiger partial charge in [0.1, 0.15) is 12.6 Å². The maximum Gasteiger partial charge on any atom is 0.268 e. The fourth-order valence-corrected chi connectivity index (χ4v) is 5.81. The van der Waals surface area contributed by atoms with Crippen LogP contribution in [0, 0.1) is 0 Å². The lowest BCUT2D eigenvalue weighted by atomic mass is 10.1. The van der Waals surface area contributed by atoms with E-state index in [0.717, 1.165) is 21.1 Å². The van der Waals surface area contributed by atoms with Gasteiger partial charge in [0.2, 0.25) is 5.13 Å². The normalized spacial score (nSPS) is 11.6. The number of aromatic amines is 1. The van der Waals surface area contributed by atoms with Gasteiger partial charge < -0.3 is 9.72 Å². The predicted octanol–water partition coefficient (Wildman–Crippen LogP) is 5.23. The van der Waals surface area contributed by atoms with Crippen LogP contribution in [0.25, 0.3) is 11.3 Å². The van der Waals surface area contributed by atoms with Crippen molar-refractivity contribution < 1.29 is 13.2 Å². The first-order valence-electron chi connectivity index (χ1n) is 9.38. The van der Waals surface area contributed by atoms with Crippen molar-refractivity contribution in [3.63, 3.8) is 0 Å². The van der Waals surface area contributed by atoms with E-state index in [2.05, 4.69) is 15.0 Å². The van der Waals surface area contributed by atoms with Gasteiger partial charge in [0.25, 0.3) is 10.0 Å². The van der Waals surface area contributed by atoms with Crippen molar-refractivity contribution in [2.75, 3.05) is 18.1 Å². The van der Waals surface area contributed by atoms with Gasteiger partial charge in [0.05, 0.1) is 16.8 Å². The van der Waals surface area contributed by atoms with Gasteiger partial charge in [-0.1, -0.05) is 41.4 Å². The Morgan fingerprint density at radius 2 is 1.81 bits per heavy atom. The molecule has 1 N–H and O–H groups in total. The molecule has 32 heavy (non-hydrogen) atoms. The number of H-pyrrole nitrogens is 1. The molecule has 166 valence electrons.